The molecule has 0 saturated carbocycles. The number of aromatic nitrogens is 1. The van der Waals surface area contributed by atoms with E-state index in [0.29, 0.717) is 12.5 Å². The zero-order valence-electron chi connectivity index (χ0n) is 11.1. The maximum Gasteiger partial charge on any atom is 0.191 e. The highest BCUT2D eigenvalue weighted by Crippen LogP contribution is 2.24. The van der Waals surface area contributed by atoms with Crippen molar-refractivity contribution >= 4 is 5.96 Å². The molecule has 1 aromatic rings. The summed E-state index contributed by atoms with van der Waals surface area (Å²) in [6.45, 7) is 3.58. The van der Waals surface area contributed by atoms with Gasteiger partial charge < -0.3 is 19.9 Å². The van der Waals surface area contributed by atoms with Crippen LogP contribution in [0.1, 0.15) is 29.9 Å². The van der Waals surface area contributed by atoms with Gasteiger partial charge in [0.1, 0.15) is 11.5 Å². The van der Waals surface area contributed by atoms with Crippen LogP contribution >= 0.6 is 0 Å². The van der Waals surface area contributed by atoms with Crippen LogP contribution in [0.5, 0.6) is 0 Å². The van der Waals surface area contributed by atoms with Crippen LogP contribution in [0.25, 0.3) is 0 Å². The summed E-state index contributed by atoms with van der Waals surface area (Å²) in [5.41, 5.74) is 8.21. The van der Waals surface area contributed by atoms with E-state index in [1.54, 1.807) is 0 Å². The number of morpholine rings is 1. The van der Waals surface area contributed by atoms with Crippen LogP contribution in [0.15, 0.2) is 9.52 Å². The Morgan fingerprint density at radius 2 is 2.05 bits per heavy atom. The average molecular weight is 264 g/mol. The third kappa shape index (κ3) is 2.73. The molecular weight excluding hydrogens is 244 g/mol. The molecule has 3 rings (SSSR count). The van der Waals surface area contributed by atoms with E-state index in [0.717, 1.165) is 50.6 Å². The van der Waals surface area contributed by atoms with Gasteiger partial charge in [0.05, 0.1) is 19.8 Å². The number of hydrogen-bond donors (Lipinski definition) is 1. The van der Waals surface area contributed by atoms with Crippen molar-refractivity contribution in [1.82, 2.24) is 10.1 Å². The van der Waals surface area contributed by atoms with Gasteiger partial charge in [-0.05, 0) is 19.3 Å². The maximum absolute atomic E-state index is 6.00. The van der Waals surface area contributed by atoms with Gasteiger partial charge in [-0.15, -0.1) is 0 Å². The van der Waals surface area contributed by atoms with E-state index in [2.05, 4.69) is 15.0 Å². The molecule has 2 aliphatic rings. The van der Waals surface area contributed by atoms with Crippen LogP contribution in [0.3, 0.4) is 0 Å². The summed E-state index contributed by atoms with van der Waals surface area (Å²) in [7, 11) is 0. The maximum atomic E-state index is 6.00. The van der Waals surface area contributed by atoms with Crippen LogP contribution in [0.2, 0.25) is 0 Å². The molecule has 0 aromatic carbocycles. The van der Waals surface area contributed by atoms with Crippen molar-refractivity contribution in [2.24, 2.45) is 10.7 Å². The van der Waals surface area contributed by atoms with Crippen LogP contribution < -0.4 is 5.73 Å². The van der Waals surface area contributed by atoms with Gasteiger partial charge in [-0.1, -0.05) is 5.16 Å². The van der Waals surface area contributed by atoms with Crippen molar-refractivity contribution in [2.75, 3.05) is 26.3 Å². The Morgan fingerprint density at radius 1 is 1.26 bits per heavy atom. The predicted octanol–water partition coefficient (Wildman–Crippen LogP) is 0.700. The lowest BCUT2D eigenvalue weighted by Crippen LogP contribution is -2.44. The predicted molar refractivity (Wildman–Crippen MR) is 70.9 cm³/mol. The Bertz CT molecular complexity index is 463. The molecule has 1 fully saturated rings. The number of nitrogens with zero attached hydrogens (tertiary/aromatic N) is 3. The molecule has 0 amide bonds. The fourth-order valence-electron chi connectivity index (χ4n) is 2.62. The number of ether oxygens (including phenoxy) is 1. The Morgan fingerprint density at radius 3 is 2.89 bits per heavy atom. The lowest BCUT2D eigenvalue weighted by Gasteiger charge is -2.27. The number of guanidine groups is 1. The second kappa shape index (κ2) is 5.61. The largest absolute Gasteiger partial charge is 0.378 e. The van der Waals surface area contributed by atoms with E-state index in [4.69, 9.17) is 15.0 Å². The van der Waals surface area contributed by atoms with E-state index in [1.807, 2.05) is 0 Å². The van der Waals surface area contributed by atoms with Crippen LogP contribution in [-0.4, -0.2) is 42.3 Å². The number of hydrogen-bond acceptors (Lipinski definition) is 4. The highest BCUT2D eigenvalue weighted by molar-refractivity contribution is 5.78. The molecule has 0 radical (unpaired) electrons. The second-order valence-electron chi connectivity index (χ2n) is 5.01. The lowest BCUT2D eigenvalue weighted by molar-refractivity contribution is 0.0674. The molecule has 1 saturated heterocycles. The topological polar surface area (TPSA) is 76.9 Å². The first-order valence-corrected chi connectivity index (χ1v) is 6.93. The molecule has 19 heavy (non-hydrogen) atoms. The normalized spacial score (nSPS) is 20.4. The van der Waals surface area contributed by atoms with E-state index in [-0.39, 0.29) is 0 Å². The zero-order valence-corrected chi connectivity index (χ0v) is 11.1. The molecule has 1 aliphatic carbocycles. The highest BCUT2D eigenvalue weighted by Gasteiger charge is 2.19. The smallest absolute Gasteiger partial charge is 0.191 e. The second-order valence-corrected chi connectivity index (χ2v) is 5.01. The molecule has 1 aliphatic heterocycles. The van der Waals surface area contributed by atoms with Gasteiger partial charge in [-0.25, -0.2) is 4.99 Å². The van der Waals surface area contributed by atoms with Crippen molar-refractivity contribution in [3.63, 3.8) is 0 Å². The van der Waals surface area contributed by atoms with Crippen molar-refractivity contribution in [2.45, 2.75) is 32.2 Å². The van der Waals surface area contributed by atoms with Gasteiger partial charge in [-0.2, -0.15) is 0 Å². The fourth-order valence-corrected chi connectivity index (χ4v) is 2.62. The molecular formula is C13H20N4O2. The summed E-state index contributed by atoms with van der Waals surface area (Å²) < 4.78 is 10.7. The molecule has 0 spiro atoms. The Balaban J connectivity index is 1.66. The summed E-state index contributed by atoms with van der Waals surface area (Å²) in [5, 5.41) is 4.13. The van der Waals surface area contributed by atoms with Gasteiger partial charge in [0.15, 0.2) is 5.96 Å². The third-order valence-electron chi connectivity index (χ3n) is 3.76. The molecule has 6 heteroatoms. The number of aliphatic imine (C=N–C) groups is 1. The van der Waals surface area contributed by atoms with Gasteiger partial charge >= 0.3 is 0 Å². The fraction of sp³-hybridized carbons (Fsp3) is 0.692. The van der Waals surface area contributed by atoms with Gasteiger partial charge in [0.2, 0.25) is 0 Å². The number of rotatable bonds is 2. The first-order valence-electron chi connectivity index (χ1n) is 6.93. The summed E-state index contributed by atoms with van der Waals surface area (Å²) in [5.74, 6) is 1.62. The molecule has 1 aromatic heterocycles. The van der Waals surface area contributed by atoms with Crippen molar-refractivity contribution < 1.29 is 9.26 Å². The molecule has 0 unspecified atom stereocenters. The number of aryl methyl sites for hydroxylation is 1. The first-order chi connectivity index (χ1) is 9.34. The monoisotopic (exact) mass is 264 g/mol. The van der Waals surface area contributed by atoms with E-state index in [9.17, 15) is 0 Å². The molecule has 0 atom stereocenters. The average Bonchev–Trinajstić information content (AvgIpc) is 2.89. The minimum Gasteiger partial charge on any atom is -0.378 e. The number of fused-ring (bicyclic) bond motifs is 1. The van der Waals surface area contributed by atoms with Crippen molar-refractivity contribution in [3.8, 4) is 0 Å². The quantitative estimate of drug-likeness (QED) is 0.628. The SMILES string of the molecule is NC(=NCc1noc2c1CCCC2)N1CCOCC1. The first kappa shape index (κ1) is 12.5. The third-order valence-corrected chi connectivity index (χ3v) is 3.76. The Labute approximate surface area is 112 Å². The summed E-state index contributed by atoms with van der Waals surface area (Å²) in [6.07, 6.45) is 4.47. The summed E-state index contributed by atoms with van der Waals surface area (Å²) in [4.78, 5) is 6.49. The van der Waals surface area contributed by atoms with Gasteiger partial charge in [0, 0.05) is 25.1 Å². The van der Waals surface area contributed by atoms with E-state index in [1.165, 1.54) is 18.4 Å². The molecule has 104 valence electrons. The zero-order chi connectivity index (χ0) is 13.1. The standard InChI is InChI=1S/C13H20N4O2/c14-13(17-5-7-18-8-6-17)15-9-11-10-3-1-2-4-12(10)19-16-11/h1-9H2,(H2,14,15). The molecule has 0 bridgehead atoms. The van der Waals surface area contributed by atoms with Crippen molar-refractivity contribution in [1.29, 1.82) is 0 Å². The van der Waals surface area contributed by atoms with Gasteiger partial charge in [0.25, 0.3) is 0 Å². The van der Waals surface area contributed by atoms with Crippen LogP contribution in [0, 0.1) is 0 Å². The van der Waals surface area contributed by atoms with E-state index < -0.39 is 0 Å². The lowest BCUT2D eigenvalue weighted by atomic mass is 9.96. The van der Waals surface area contributed by atoms with Crippen LogP contribution in [-0.2, 0) is 24.1 Å². The number of nitrogens with two attached hydrogens (primary N) is 1. The Kier molecular flexibility index (Phi) is 3.68. The minimum atomic E-state index is 0.516. The summed E-state index contributed by atoms with van der Waals surface area (Å²) >= 11 is 0. The Hall–Kier alpha value is -1.56. The molecule has 2 N–H and O–H groups in total. The molecule has 2 heterocycles. The van der Waals surface area contributed by atoms with Crippen molar-refractivity contribution in [3.05, 3.63) is 17.0 Å². The van der Waals surface area contributed by atoms with Crippen LogP contribution in [0.4, 0.5) is 0 Å². The summed E-state index contributed by atoms with van der Waals surface area (Å²) in [6, 6.07) is 0. The van der Waals surface area contributed by atoms with Gasteiger partial charge in [-0.3, -0.25) is 0 Å². The van der Waals surface area contributed by atoms with E-state index >= 15 is 0 Å². The minimum absolute atomic E-state index is 0.516. The molecule has 6 nitrogen and oxygen atoms in total. The highest BCUT2D eigenvalue weighted by atomic mass is 16.5.